The van der Waals surface area contributed by atoms with Gasteiger partial charge >= 0.3 is 0 Å². The molecule has 0 spiro atoms. The van der Waals surface area contributed by atoms with E-state index in [1.54, 1.807) is 11.3 Å². The molecule has 2 aromatic heterocycles. The van der Waals surface area contributed by atoms with Crippen molar-refractivity contribution in [3.05, 3.63) is 46.3 Å². The second-order valence-electron chi connectivity index (χ2n) is 4.36. The Bertz CT molecular complexity index is 484. The van der Waals surface area contributed by atoms with Gasteiger partial charge in [-0.1, -0.05) is 12.1 Å². The third-order valence-electron chi connectivity index (χ3n) is 3.08. The minimum absolute atomic E-state index is 0.403. The zero-order chi connectivity index (χ0) is 13.0. The van der Waals surface area contributed by atoms with Crippen molar-refractivity contribution in [2.75, 3.05) is 11.9 Å². The molecule has 0 saturated carbocycles. The van der Waals surface area contributed by atoms with Gasteiger partial charge in [0.2, 0.25) is 0 Å². The molecule has 2 aromatic rings. The number of aromatic nitrogens is 1. The largest absolute Gasteiger partial charge is 0.356 e. The van der Waals surface area contributed by atoms with Crippen molar-refractivity contribution in [3.8, 4) is 0 Å². The number of thiophene rings is 1. The Hall–Kier alpha value is -1.06. The maximum Gasteiger partial charge on any atom is 0.132 e. The molecule has 2 rings (SSSR count). The molecule has 0 aromatic carbocycles. The highest BCUT2D eigenvalue weighted by molar-refractivity contribution is 7.09. The molecular weight excluding hydrogens is 264 g/mol. The van der Waals surface area contributed by atoms with E-state index in [-0.39, 0.29) is 0 Å². The standard InChI is InChI=1S/C14H17ClN2S/c1-11(9-13-6-4-8-18-13)17(2)14-12(10-15)5-3-7-16-14/h3-8,11H,9-10H2,1-2H3. The number of anilines is 1. The first-order valence-corrected chi connectivity index (χ1v) is 7.39. The molecule has 0 amide bonds. The van der Waals surface area contributed by atoms with Gasteiger partial charge < -0.3 is 4.90 Å². The van der Waals surface area contributed by atoms with E-state index >= 15 is 0 Å². The first-order valence-electron chi connectivity index (χ1n) is 5.97. The van der Waals surface area contributed by atoms with Crippen LogP contribution in [0.4, 0.5) is 5.82 Å². The number of likely N-dealkylation sites (N-methyl/N-ethyl adjacent to an activating group) is 1. The Morgan fingerprint density at radius 1 is 1.39 bits per heavy atom. The van der Waals surface area contributed by atoms with Crippen molar-refractivity contribution >= 4 is 28.8 Å². The fourth-order valence-corrected chi connectivity index (χ4v) is 2.95. The Labute approximate surface area is 117 Å². The van der Waals surface area contributed by atoms with Crippen LogP contribution in [0.25, 0.3) is 0 Å². The van der Waals surface area contributed by atoms with Crippen LogP contribution in [0.1, 0.15) is 17.4 Å². The van der Waals surface area contributed by atoms with Gasteiger partial charge in [-0.15, -0.1) is 22.9 Å². The van der Waals surface area contributed by atoms with Gasteiger partial charge in [-0.2, -0.15) is 0 Å². The van der Waals surface area contributed by atoms with Crippen LogP contribution in [0.5, 0.6) is 0 Å². The van der Waals surface area contributed by atoms with Crippen molar-refractivity contribution in [1.29, 1.82) is 0 Å². The molecule has 0 aliphatic rings. The minimum atomic E-state index is 0.403. The van der Waals surface area contributed by atoms with Crippen LogP contribution in [0.2, 0.25) is 0 Å². The van der Waals surface area contributed by atoms with E-state index in [1.807, 2.05) is 18.3 Å². The molecule has 18 heavy (non-hydrogen) atoms. The number of alkyl halides is 1. The summed E-state index contributed by atoms with van der Waals surface area (Å²) in [6, 6.07) is 8.64. The molecule has 0 radical (unpaired) electrons. The quantitative estimate of drug-likeness (QED) is 0.771. The van der Waals surface area contributed by atoms with Crippen LogP contribution in [-0.2, 0) is 12.3 Å². The highest BCUT2D eigenvalue weighted by Gasteiger charge is 2.15. The molecular formula is C14H17ClN2S. The van der Waals surface area contributed by atoms with Crippen molar-refractivity contribution < 1.29 is 0 Å². The first kappa shape index (κ1) is 13.4. The number of hydrogen-bond donors (Lipinski definition) is 0. The lowest BCUT2D eigenvalue weighted by Crippen LogP contribution is -2.31. The highest BCUT2D eigenvalue weighted by atomic mass is 35.5. The molecule has 1 atom stereocenters. The van der Waals surface area contributed by atoms with E-state index in [0.29, 0.717) is 11.9 Å². The topological polar surface area (TPSA) is 16.1 Å². The lowest BCUT2D eigenvalue weighted by Gasteiger charge is -2.27. The minimum Gasteiger partial charge on any atom is -0.356 e. The van der Waals surface area contributed by atoms with Crippen LogP contribution in [0.15, 0.2) is 35.8 Å². The summed E-state index contributed by atoms with van der Waals surface area (Å²) < 4.78 is 0. The summed E-state index contributed by atoms with van der Waals surface area (Å²) in [6.45, 7) is 2.21. The van der Waals surface area contributed by atoms with Gasteiger partial charge in [-0.05, 0) is 24.4 Å². The van der Waals surface area contributed by atoms with Gasteiger partial charge in [0.1, 0.15) is 5.82 Å². The van der Waals surface area contributed by atoms with Crippen molar-refractivity contribution in [3.63, 3.8) is 0 Å². The lowest BCUT2D eigenvalue weighted by atomic mass is 10.1. The second-order valence-corrected chi connectivity index (χ2v) is 5.66. The van der Waals surface area contributed by atoms with Gasteiger partial charge in [-0.3, -0.25) is 0 Å². The van der Waals surface area contributed by atoms with E-state index < -0.39 is 0 Å². The summed E-state index contributed by atoms with van der Waals surface area (Å²) in [6.07, 6.45) is 2.85. The van der Waals surface area contributed by atoms with Gasteiger partial charge in [-0.25, -0.2) is 4.98 Å². The van der Waals surface area contributed by atoms with Gasteiger partial charge in [0, 0.05) is 36.1 Å². The molecule has 0 saturated heterocycles. The summed E-state index contributed by atoms with van der Waals surface area (Å²) in [7, 11) is 2.08. The van der Waals surface area contributed by atoms with Gasteiger partial charge in [0.05, 0.1) is 5.88 Å². The van der Waals surface area contributed by atoms with E-state index in [2.05, 4.69) is 41.4 Å². The van der Waals surface area contributed by atoms with Gasteiger partial charge in [0.25, 0.3) is 0 Å². The van der Waals surface area contributed by atoms with Crippen LogP contribution in [-0.4, -0.2) is 18.1 Å². The molecule has 0 aliphatic carbocycles. The third kappa shape index (κ3) is 3.03. The average molecular weight is 281 g/mol. The summed E-state index contributed by atoms with van der Waals surface area (Å²) in [5, 5.41) is 2.12. The number of halogens is 1. The number of rotatable bonds is 5. The Morgan fingerprint density at radius 3 is 2.89 bits per heavy atom. The summed E-state index contributed by atoms with van der Waals surface area (Å²) in [5.74, 6) is 1.48. The summed E-state index contributed by atoms with van der Waals surface area (Å²) >= 11 is 7.76. The number of pyridine rings is 1. The van der Waals surface area contributed by atoms with Crippen molar-refractivity contribution in [2.45, 2.75) is 25.3 Å². The highest BCUT2D eigenvalue weighted by Crippen LogP contribution is 2.22. The maximum atomic E-state index is 5.96. The number of hydrogen-bond acceptors (Lipinski definition) is 3. The monoisotopic (exact) mass is 280 g/mol. The molecule has 1 unspecified atom stereocenters. The zero-order valence-corrected chi connectivity index (χ0v) is 12.2. The average Bonchev–Trinajstić information content (AvgIpc) is 2.90. The summed E-state index contributed by atoms with van der Waals surface area (Å²) in [4.78, 5) is 8.05. The predicted octanol–water partition coefficient (Wildman–Crippen LogP) is 3.95. The normalized spacial score (nSPS) is 12.4. The zero-order valence-electron chi connectivity index (χ0n) is 10.6. The maximum absolute atomic E-state index is 5.96. The van der Waals surface area contributed by atoms with Crippen LogP contribution < -0.4 is 4.90 Å². The molecule has 0 aliphatic heterocycles. The lowest BCUT2D eigenvalue weighted by molar-refractivity contribution is 0.678. The second kappa shape index (κ2) is 6.21. The summed E-state index contributed by atoms with van der Waals surface area (Å²) in [5.41, 5.74) is 1.08. The Kier molecular flexibility index (Phi) is 4.61. The molecule has 0 fully saturated rings. The Balaban J connectivity index is 2.12. The number of nitrogens with zero attached hydrogens (tertiary/aromatic N) is 2. The smallest absolute Gasteiger partial charge is 0.132 e. The molecule has 0 N–H and O–H groups in total. The van der Waals surface area contributed by atoms with E-state index in [9.17, 15) is 0 Å². The fraction of sp³-hybridized carbons (Fsp3) is 0.357. The van der Waals surface area contributed by atoms with Crippen LogP contribution in [0.3, 0.4) is 0 Å². The Morgan fingerprint density at radius 2 is 2.22 bits per heavy atom. The molecule has 0 bridgehead atoms. The van der Waals surface area contributed by atoms with E-state index in [1.165, 1.54) is 4.88 Å². The fourth-order valence-electron chi connectivity index (χ4n) is 1.92. The van der Waals surface area contributed by atoms with Crippen molar-refractivity contribution in [1.82, 2.24) is 4.98 Å². The molecule has 96 valence electrons. The third-order valence-corrected chi connectivity index (χ3v) is 4.27. The van der Waals surface area contributed by atoms with Gasteiger partial charge in [0.15, 0.2) is 0 Å². The van der Waals surface area contributed by atoms with Crippen molar-refractivity contribution in [2.24, 2.45) is 0 Å². The molecule has 2 heterocycles. The predicted molar refractivity (Wildman–Crippen MR) is 79.7 cm³/mol. The molecule has 4 heteroatoms. The SMILES string of the molecule is CC(Cc1cccs1)N(C)c1ncccc1CCl. The molecule has 2 nitrogen and oxygen atoms in total. The van der Waals surface area contributed by atoms with Crippen LogP contribution >= 0.6 is 22.9 Å². The first-order chi connectivity index (χ1) is 8.72. The van der Waals surface area contributed by atoms with E-state index in [4.69, 9.17) is 11.6 Å². The van der Waals surface area contributed by atoms with E-state index in [0.717, 1.165) is 17.8 Å². The van der Waals surface area contributed by atoms with Crippen LogP contribution in [0, 0.1) is 0 Å².